The minimum atomic E-state index is -3.74. The maximum Gasteiger partial charge on any atom is 0.399 e. The number of β-lactam (4-membered cyclic amide) rings is 1. The first kappa shape index (κ1) is 77.5. The van der Waals surface area contributed by atoms with Crippen LogP contribution in [0.3, 0.4) is 0 Å². The van der Waals surface area contributed by atoms with E-state index in [9.17, 15) is 48.6 Å². The molecule has 0 spiro atoms. The van der Waals surface area contributed by atoms with Gasteiger partial charge in [0.1, 0.15) is 5.76 Å². The highest BCUT2D eigenvalue weighted by molar-refractivity contribution is 5.96. The van der Waals surface area contributed by atoms with Crippen LogP contribution in [-0.4, -0.2) is 93.4 Å². The van der Waals surface area contributed by atoms with Crippen molar-refractivity contribution in [1.29, 1.82) is 0 Å². The Kier molecular flexibility index (Phi) is 45.8. The zero-order chi connectivity index (χ0) is 63.4. The minimum absolute atomic E-state index is 0.162. The molecule has 2 aliphatic rings. The van der Waals surface area contributed by atoms with Crippen LogP contribution in [0.1, 0.15) is 303 Å². The number of aliphatic hydroxyl groups excluding tert-OH is 1. The van der Waals surface area contributed by atoms with Gasteiger partial charge in [-0.15, -0.1) is 0 Å². The molecule has 2 aliphatic heterocycles. The predicted octanol–water partition coefficient (Wildman–Crippen LogP) is 15.0. The average molecular weight is 1230 g/mol. The third kappa shape index (κ3) is 36.5. The number of carbonyl (C=O) groups is 8. The topological polar surface area (TPSA) is 254 Å². The number of aliphatic hydroxyl groups is 2. The van der Waals surface area contributed by atoms with Crippen LogP contribution in [0.5, 0.6) is 0 Å². The zero-order valence-electron chi connectivity index (χ0n) is 53.5. The first-order valence-corrected chi connectivity index (χ1v) is 33.7. The average Bonchev–Trinajstić information content (AvgIpc) is 1.84. The molecule has 2 N–H and O–H groups in total. The van der Waals surface area contributed by atoms with E-state index in [0.717, 1.165) is 107 Å². The summed E-state index contributed by atoms with van der Waals surface area (Å²) >= 11 is 0. The third-order valence-electron chi connectivity index (χ3n) is 15.5. The van der Waals surface area contributed by atoms with E-state index in [4.69, 9.17) is 33.9 Å². The molecular formula is C68H111NO18. The second kappa shape index (κ2) is 51.3. The molecule has 1 amide bonds. The molecule has 0 aromatic heterocycles. The van der Waals surface area contributed by atoms with Gasteiger partial charge in [-0.25, -0.2) is 62.9 Å². The monoisotopic (exact) mass is 1230 g/mol. The number of allylic oxidation sites excluding steroid dienone is 6. The summed E-state index contributed by atoms with van der Waals surface area (Å²) in [6, 6.07) is -1.78. The van der Waals surface area contributed by atoms with Crippen molar-refractivity contribution in [3.63, 3.8) is 0 Å². The molecule has 2 heterocycles. The van der Waals surface area contributed by atoms with Crippen LogP contribution in [0, 0.1) is 0 Å². The van der Waals surface area contributed by atoms with Crippen molar-refractivity contribution < 1.29 is 87.4 Å². The molecule has 87 heavy (non-hydrogen) atoms. The molecule has 0 bridgehead atoms. The SMILES string of the molecule is CCCCCCCC/C=C\CCCCCCCC(=O)OOC(=O)CC(O)(C(=O)OOC(=O)CCCCCCC/C=C\CCCCCCCC)C(OC(=O)[C@H]1/C(=C/CO)O[C@@H]2CC(=O)N21)C(=O)OOC(=O)CCCCCCC/C=C\CCCCCCCC. The van der Waals surface area contributed by atoms with Crippen LogP contribution in [-0.2, 0) is 77.2 Å². The van der Waals surface area contributed by atoms with Crippen LogP contribution >= 0.6 is 0 Å². The summed E-state index contributed by atoms with van der Waals surface area (Å²) in [6.45, 7) is 5.95. The Morgan fingerprint density at radius 2 is 0.816 bits per heavy atom. The van der Waals surface area contributed by atoms with E-state index in [0.29, 0.717) is 38.5 Å². The minimum Gasteiger partial charge on any atom is -0.472 e. The van der Waals surface area contributed by atoms with E-state index in [-0.39, 0.29) is 31.4 Å². The number of unbranched alkanes of at least 4 members (excludes halogenated alkanes) is 33. The number of esters is 1. The van der Waals surface area contributed by atoms with E-state index in [1.54, 1.807) is 0 Å². The highest BCUT2D eigenvalue weighted by atomic mass is 17.2. The van der Waals surface area contributed by atoms with Gasteiger partial charge in [-0.05, 0) is 102 Å². The number of ether oxygens (including phenoxy) is 2. The van der Waals surface area contributed by atoms with E-state index < -0.39 is 84.7 Å². The number of fused-ring (bicyclic) bond motifs is 1. The first-order chi connectivity index (χ1) is 42.3. The van der Waals surface area contributed by atoms with Gasteiger partial charge in [0, 0.05) is 0 Å². The highest BCUT2D eigenvalue weighted by Gasteiger charge is 2.60. The van der Waals surface area contributed by atoms with Crippen molar-refractivity contribution in [2.75, 3.05) is 6.61 Å². The molecule has 0 aromatic carbocycles. The Hall–Kier alpha value is -5.56. The van der Waals surface area contributed by atoms with Gasteiger partial charge in [0.2, 0.25) is 17.6 Å². The quantitative estimate of drug-likeness (QED) is 0.0143. The van der Waals surface area contributed by atoms with Crippen molar-refractivity contribution in [1.82, 2.24) is 4.90 Å². The molecule has 496 valence electrons. The Morgan fingerprint density at radius 3 is 1.18 bits per heavy atom. The van der Waals surface area contributed by atoms with E-state index in [2.05, 4.69) is 62.1 Å². The van der Waals surface area contributed by atoms with Gasteiger partial charge in [0.25, 0.3) is 0 Å². The lowest BCUT2D eigenvalue weighted by molar-refractivity contribution is -0.289. The molecule has 2 rings (SSSR count). The summed E-state index contributed by atoms with van der Waals surface area (Å²) in [6.07, 6.45) is 47.7. The highest BCUT2D eigenvalue weighted by Crippen LogP contribution is 2.38. The van der Waals surface area contributed by atoms with E-state index >= 15 is 0 Å². The fourth-order valence-corrected chi connectivity index (χ4v) is 10.2. The lowest BCUT2D eigenvalue weighted by Gasteiger charge is -2.35. The van der Waals surface area contributed by atoms with Gasteiger partial charge in [-0.1, -0.05) is 211 Å². The second-order valence-corrected chi connectivity index (χ2v) is 23.3. The fourth-order valence-electron chi connectivity index (χ4n) is 10.2. The predicted molar refractivity (Wildman–Crippen MR) is 330 cm³/mol. The van der Waals surface area contributed by atoms with Crippen LogP contribution in [0.15, 0.2) is 48.3 Å². The van der Waals surface area contributed by atoms with Gasteiger partial charge >= 0.3 is 41.8 Å². The Balaban J connectivity index is 2.12. The number of nitrogens with zero attached hydrogens (tertiary/aromatic N) is 1. The Bertz CT molecular complexity index is 2050. The number of hydrogen-bond acceptors (Lipinski definition) is 18. The summed E-state index contributed by atoms with van der Waals surface area (Å²) in [7, 11) is 0. The van der Waals surface area contributed by atoms with Crippen LogP contribution in [0.25, 0.3) is 0 Å². The van der Waals surface area contributed by atoms with Gasteiger partial charge in [0.15, 0.2) is 12.3 Å². The largest absolute Gasteiger partial charge is 0.472 e. The lowest BCUT2D eigenvalue weighted by Crippen LogP contribution is -2.60. The number of amides is 1. The maximum atomic E-state index is 14.0. The van der Waals surface area contributed by atoms with Crippen molar-refractivity contribution in [3.05, 3.63) is 48.3 Å². The number of carbonyl (C=O) groups excluding carboxylic acids is 8. The fraction of sp³-hybridized carbons (Fsp3) is 0.765. The molecule has 19 heteroatoms. The summed E-state index contributed by atoms with van der Waals surface area (Å²) in [5.74, 6) is -11.2. The van der Waals surface area contributed by atoms with Crippen molar-refractivity contribution in [3.8, 4) is 0 Å². The molecule has 2 saturated heterocycles. The molecule has 0 aliphatic carbocycles. The molecule has 0 saturated carbocycles. The molecular weight excluding hydrogens is 1120 g/mol. The summed E-state index contributed by atoms with van der Waals surface area (Å²) in [5.41, 5.74) is -3.74. The lowest BCUT2D eigenvalue weighted by atomic mass is 9.92. The zero-order valence-corrected chi connectivity index (χ0v) is 53.5. The third-order valence-corrected chi connectivity index (χ3v) is 15.5. The van der Waals surface area contributed by atoms with Gasteiger partial charge in [-0.3, -0.25) is 9.69 Å². The number of rotatable bonds is 53. The standard InChI is InChI=1S/C68H111NO18/c1-4-7-10-13-16-19-22-25-28-31-34-37-40-43-46-49-59(72)82-85-62(75)55-68(79,67(78)87-84-61(74)51-48-45-42-39-36-33-30-27-24-21-18-15-12-9-6-3)64(81-65(76)63-56(52-53-70)80-58-54-57(71)69(58)63)66(77)86-83-60(73)50-47-44-41-38-35-32-29-26-23-20-17-14-11-8-5-2/h25-30,52,58,63-64,70,79H,4-24,31-51,53-55H2,1-3H3/b28-25-,29-26-,30-27-,56-52-/t58-,63-,64?,68?/m1/s1. The van der Waals surface area contributed by atoms with Gasteiger partial charge < -0.3 is 19.7 Å². The molecule has 4 atom stereocenters. The second-order valence-electron chi connectivity index (χ2n) is 23.3. The van der Waals surface area contributed by atoms with Crippen LogP contribution in [0.4, 0.5) is 0 Å². The molecule has 2 unspecified atom stereocenters. The number of hydrogen-bond donors (Lipinski definition) is 2. The normalized spacial score (nSPS) is 16.1. The van der Waals surface area contributed by atoms with Crippen LogP contribution in [0.2, 0.25) is 0 Å². The summed E-state index contributed by atoms with van der Waals surface area (Å²) in [5, 5.41) is 21.9. The van der Waals surface area contributed by atoms with Crippen LogP contribution < -0.4 is 0 Å². The maximum absolute atomic E-state index is 14.0. The molecule has 0 aromatic rings. The smallest absolute Gasteiger partial charge is 0.399 e. The molecule has 0 radical (unpaired) electrons. The molecule has 19 nitrogen and oxygen atoms in total. The Labute approximate surface area is 520 Å². The van der Waals surface area contributed by atoms with E-state index in [1.165, 1.54) is 116 Å². The van der Waals surface area contributed by atoms with Crippen molar-refractivity contribution >= 4 is 47.7 Å². The Morgan fingerprint density at radius 1 is 0.483 bits per heavy atom. The van der Waals surface area contributed by atoms with Gasteiger partial charge in [-0.2, -0.15) is 0 Å². The van der Waals surface area contributed by atoms with E-state index in [1.807, 2.05) is 0 Å². The van der Waals surface area contributed by atoms with Gasteiger partial charge in [0.05, 0.1) is 38.7 Å². The summed E-state index contributed by atoms with van der Waals surface area (Å²) in [4.78, 5) is 136. The summed E-state index contributed by atoms with van der Waals surface area (Å²) < 4.78 is 11.0. The molecule has 2 fully saturated rings. The van der Waals surface area contributed by atoms with Crippen molar-refractivity contribution in [2.45, 2.75) is 327 Å². The van der Waals surface area contributed by atoms with Crippen molar-refractivity contribution in [2.24, 2.45) is 0 Å². The first-order valence-electron chi connectivity index (χ1n) is 33.7.